The second kappa shape index (κ2) is 8.31. The molecule has 0 radical (unpaired) electrons. The summed E-state index contributed by atoms with van der Waals surface area (Å²) in [5.74, 6) is 1.38. The smallest absolute Gasteiger partial charge is 0.240 e. The van der Waals surface area contributed by atoms with Crippen molar-refractivity contribution in [2.24, 2.45) is 0 Å². The molecule has 0 unspecified atom stereocenters. The predicted molar refractivity (Wildman–Crippen MR) is 122 cm³/mol. The van der Waals surface area contributed by atoms with Crippen molar-refractivity contribution in [2.75, 3.05) is 17.9 Å². The number of ether oxygens (including phenoxy) is 1. The zero-order valence-electron chi connectivity index (χ0n) is 17.1. The van der Waals surface area contributed by atoms with E-state index in [-0.39, 0.29) is 11.9 Å². The van der Waals surface area contributed by atoms with E-state index in [1.54, 1.807) is 7.11 Å². The van der Waals surface area contributed by atoms with Crippen molar-refractivity contribution < 1.29 is 9.53 Å². The molecule has 0 spiro atoms. The number of aromatic nitrogens is 3. The number of benzene rings is 2. The Hall–Kier alpha value is -2.52. The van der Waals surface area contributed by atoms with Gasteiger partial charge >= 0.3 is 0 Å². The number of hydrogen-bond acceptors (Lipinski definition) is 6. The Kier molecular flexibility index (Phi) is 5.75. The topological polar surface area (TPSA) is 81.1 Å². The zero-order valence-corrected chi connectivity index (χ0v) is 19.5. The quantitative estimate of drug-likeness (QED) is 0.568. The number of methoxy groups -OCH3 is 1. The molecule has 1 aliphatic rings. The van der Waals surface area contributed by atoms with Gasteiger partial charge in [0.15, 0.2) is 0 Å². The molecule has 0 bridgehead atoms. The van der Waals surface area contributed by atoms with Crippen molar-refractivity contribution in [3.63, 3.8) is 0 Å². The highest BCUT2D eigenvalue weighted by Gasteiger charge is 2.37. The molecule has 9 heteroatoms. The first kappa shape index (κ1) is 20.7. The molecule has 0 saturated heterocycles. The Morgan fingerprint density at radius 1 is 1.17 bits per heavy atom. The fraction of sp³-hybridized carbons (Fsp3) is 0.286. The summed E-state index contributed by atoms with van der Waals surface area (Å²) in [6, 6.07) is 11.5. The number of nitrogens with zero attached hydrogens (tertiary/aromatic N) is 3. The number of hydrogen-bond donors (Lipinski definition) is 2. The molecule has 30 heavy (non-hydrogen) atoms. The minimum atomic E-state index is -0.442. The molecule has 1 amide bonds. The maximum absolute atomic E-state index is 13.3. The summed E-state index contributed by atoms with van der Waals surface area (Å²) >= 11 is 4.95. The summed E-state index contributed by atoms with van der Waals surface area (Å²) in [6.07, 6.45) is 0. The van der Waals surface area contributed by atoms with Crippen molar-refractivity contribution in [1.29, 1.82) is 0 Å². The van der Waals surface area contributed by atoms with Crippen molar-refractivity contribution >= 4 is 39.3 Å². The average molecular weight is 488 g/mol. The summed E-state index contributed by atoms with van der Waals surface area (Å²) in [7, 11) is 1.63. The van der Waals surface area contributed by atoms with Crippen LogP contribution in [0.3, 0.4) is 0 Å². The van der Waals surface area contributed by atoms with Crippen molar-refractivity contribution in [3.8, 4) is 5.75 Å². The normalized spacial score (nSPS) is 17.8. The fourth-order valence-electron chi connectivity index (χ4n) is 3.32. The summed E-state index contributed by atoms with van der Waals surface area (Å²) in [4.78, 5) is 13.3. The lowest BCUT2D eigenvalue weighted by Crippen LogP contribution is -2.41. The van der Waals surface area contributed by atoms with Gasteiger partial charge in [0, 0.05) is 5.69 Å². The molecule has 156 valence electrons. The van der Waals surface area contributed by atoms with Gasteiger partial charge in [-0.1, -0.05) is 23.9 Å². The molecular formula is C21H22BrN5O2S. The lowest BCUT2D eigenvalue weighted by molar-refractivity contribution is -0.116. The zero-order chi connectivity index (χ0) is 21.4. The van der Waals surface area contributed by atoms with Crippen molar-refractivity contribution in [2.45, 2.75) is 37.2 Å². The van der Waals surface area contributed by atoms with Crippen LogP contribution >= 0.6 is 27.7 Å². The third kappa shape index (κ3) is 3.91. The number of carbonyl (C=O) groups excluding carboxylic acids is 1. The Morgan fingerprint density at radius 2 is 1.97 bits per heavy atom. The molecule has 3 aromatic rings. The Bertz CT molecular complexity index is 1120. The number of amides is 1. The monoisotopic (exact) mass is 487 g/mol. The Balaban J connectivity index is 1.68. The van der Waals surface area contributed by atoms with E-state index < -0.39 is 5.25 Å². The maximum atomic E-state index is 13.3. The molecule has 2 N–H and O–H groups in total. The van der Waals surface area contributed by atoms with E-state index in [1.165, 1.54) is 17.3 Å². The van der Waals surface area contributed by atoms with Crippen LogP contribution in [0, 0.1) is 20.8 Å². The largest absolute Gasteiger partial charge is 0.496 e. The first-order chi connectivity index (χ1) is 14.4. The SMILES string of the molecule is COc1ccc([C@H]2Nn3c(C)nnc3S[C@H]2C(=O)Nc2ccc(C)c(C)c2)cc1Br. The molecule has 0 saturated carbocycles. The molecule has 1 aromatic heterocycles. The van der Waals surface area contributed by atoms with Gasteiger partial charge in [-0.3, -0.25) is 4.79 Å². The van der Waals surface area contributed by atoms with E-state index >= 15 is 0 Å². The fourth-order valence-corrected chi connectivity index (χ4v) is 5.00. The standard InChI is InChI=1S/C21H22BrN5O2S/c1-11-5-7-15(9-12(11)2)23-20(28)19-18(14-6-8-17(29-4)16(22)10-14)26-27-13(3)24-25-21(27)30-19/h5-10,18-19,26H,1-4H3,(H,23,28)/t18-,19-/m1/s1. The number of aryl methyl sites for hydroxylation is 3. The molecule has 2 heterocycles. The van der Waals surface area contributed by atoms with Crippen LogP contribution < -0.4 is 15.5 Å². The van der Waals surface area contributed by atoms with Crippen LogP contribution in [0.2, 0.25) is 0 Å². The van der Waals surface area contributed by atoms with E-state index in [4.69, 9.17) is 4.74 Å². The predicted octanol–water partition coefficient (Wildman–Crippen LogP) is 4.37. The Morgan fingerprint density at radius 3 is 2.67 bits per heavy atom. The lowest BCUT2D eigenvalue weighted by atomic mass is 10.0. The highest BCUT2D eigenvalue weighted by atomic mass is 79.9. The highest BCUT2D eigenvalue weighted by Crippen LogP contribution is 2.39. The lowest BCUT2D eigenvalue weighted by Gasteiger charge is -2.33. The van der Waals surface area contributed by atoms with Crippen LogP contribution in [0.15, 0.2) is 46.0 Å². The van der Waals surface area contributed by atoms with Gasteiger partial charge in [-0.15, -0.1) is 10.2 Å². The second-order valence-electron chi connectivity index (χ2n) is 7.19. The number of rotatable bonds is 4. The Labute approximate surface area is 187 Å². The minimum absolute atomic E-state index is 0.0976. The molecule has 0 aliphatic carbocycles. The molecule has 1 aliphatic heterocycles. The summed E-state index contributed by atoms with van der Waals surface area (Å²) in [6.45, 7) is 5.96. The van der Waals surface area contributed by atoms with E-state index in [1.807, 2.05) is 54.9 Å². The molecular weight excluding hydrogens is 466 g/mol. The van der Waals surface area contributed by atoms with Gasteiger partial charge in [0.25, 0.3) is 0 Å². The minimum Gasteiger partial charge on any atom is -0.496 e. The van der Waals surface area contributed by atoms with Gasteiger partial charge in [0.2, 0.25) is 11.1 Å². The van der Waals surface area contributed by atoms with E-state index in [2.05, 4.69) is 43.8 Å². The van der Waals surface area contributed by atoms with Gasteiger partial charge < -0.3 is 15.5 Å². The van der Waals surface area contributed by atoms with Crippen molar-refractivity contribution in [3.05, 3.63) is 63.4 Å². The number of halogens is 1. The summed E-state index contributed by atoms with van der Waals surface area (Å²) < 4.78 is 8.00. The number of nitrogens with one attached hydrogen (secondary N) is 2. The third-order valence-corrected chi connectivity index (χ3v) is 7.00. The summed E-state index contributed by atoms with van der Waals surface area (Å²) in [5.41, 5.74) is 7.46. The van der Waals surface area contributed by atoms with Crippen LogP contribution in [0.5, 0.6) is 5.75 Å². The van der Waals surface area contributed by atoms with E-state index in [0.29, 0.717) is 5.16 Å². The van der Waals surface area contributed by atoms with Crippen LogP contribution in [-0.4, -0.2) is 33.1 Å². The van der Waals surface area contributed by atoms with Crippen LogP contribution in [0.4, 0.5) is 5.69 Å². The van der Waals surface area contributed by atoms with E-state index in [0.717, 1.165) is 32.9 Å². The first-order valence-electron chi connectivity index (χ1n) is 9.44. The third-order valence-electron chi connectivity index (χ3n) is 5.17. The number of fused-ring (bicyclic) bond motifs is 1. The second-order valence-corrected chi connectivity index (χ2v) is 9.16. The van der Waals surface area contributed by atoms with Crippen LogP contribution in [-0.2, 0) is 4.79 Å². The van der Waals surface area contributed by atoms with Gasteiger partial charge in [-0.05, 0) is 77.7 Å². The molecule has 0 fully saturated rings. The molecule has 2 atom stereocenters. The molecule has 2 aromatic carbocycles. The van der Waals surface area contributed by atoms with Crippen molar-refractivity contribution in [1.82, 2.24) is 14.9 Å². The average Bonchev–Trinajstić information content (AvgIpc) is 3.09. The summed E-state index contributed by atoms with van der Waals surface area (Å²) in [5, 5.41) is 11.6. The van der Waals surface area contributed by atoms with E-state index in [9.17, 15) is 4.79 Å². The molecule has 7 nitrogen and oxygen atoms in total. The first-order valence-corrected chi connectivity index (χ1v) is 11.1. The van der Waals surface area contributed by atoms with Crippen LogP contribution in [0.25, 0.3) is 0 Å². The molecule has 4 rings (SSSR count). The van der Waals surface area contributed by atoms with Gasteiger partial charge in [0.05, 0.1) is 17.6 Å². The van der Waals surface area contributed by atoms with Gasteiger partial charge in [-0.2, -0.15) is 0 Å². The van der Waals surface area contributed by atoms with Gasteiger partial charge in [0.1, 0.15) is 16.8 Å². The van der Waals surface area contributed by atoms with Gasteiger partial charge in [-0.25, -0.2) is 4.68 Å². The highest BCUT2D eigenvalue weighted by molar-refractivity contribution is 9.10. The number of thioether (sulfide) groups is 1. The van der Waals surface area contributed by atoms with Crippen LogP contribution in [0.1, 0.15) is 28.6 Å². The number of anilines is 1. The maximum Gasteiger partial charge on any atom is 0.240 e. The number of carbonyl (C=O) groups is 1.